The maximum atomic E-state index is 13.2. The first-order valence-electron chi connectivity index (χ1n) is 8.68. The molecule has 0 spiro atoms. The van der Waals surface area contributed by atoms with Crippen molar-refractivity contribution in [1.82, 2.24) is 10.6 Å². The topological polar surface area (TPSA) is 67.4 Å². The van der Waals surface area contributed by atoms with Gasteiger partial charge in [0.15, 0.2) is 0 Å². The lowest BCUT2D eigenvalue weighted by atomic mass is 9.73. The van der Waals surface area contributed by atoms with Crippen molar-refractivity contribution >= 4 is 11.8 Å². The first-order chi connectivity index (χ1) is 11.4. The Morgan fingerprint density at radius 1 is 1.29 bits per heavy atom. The van der Waals surface area contributed by atoms with Crippen LogP contribution in [0, 0.1) is 0 Å². The third kappa shape index (κ3) is 3.46. The van der Waals surface area contributed by atoms with Crippen LogP contribution in [0.15, 0.2) is 30.3 Å². The summed E-state index contributed by atoms with van der Waals surface area (Å²) in [7, 11) is 0. The molecule has 0 aliphatic carbocycles. The number of ether oxygens (including phenoxy) is 1. The fourth-order valence-electron chi connectivity index (χ4n) is 3.76. The summed E-state index contributed by atoms with van der Waals surface area (Å²) >= 11 is 0. The zero-order valence-electron chi connectivity index (χ0n) is 14.4. The Kier molecular flexibility index (Phi) is 4.63. The second-order valence-corrected chi connectivity index (χ2v) is 7.50. The molecular weight excluding hydrogens is 304 g/mol. The Morgan fingerprint density at radius 2 is 2.04 bits per heavy atom. The van der Waals surface area contributed by atoms with Crippen LogP contribution in [0.2, 0.25) is 0 Å². The fraction of sp³-hybridized carbons (Fsp3) is 0.579. The van der Waals surface area contributed by atoms with Crippen LogP contribution in [-0.2, 0) is 19.7 Å². The van der Waals surface area contributed by atoms with E-state index in [1.54, 1.807) is 0 Å². The summed E-state index contributed by atoms with van der Waals surface area (Å²) in [4.78, 5) is 24.8. The van der Waals surface area contributed by atoms with E-state index in [1.165, 1.54) is 0 Å². The van der Waals surface area contributed by atoms with Crippen molar-refractivity contribution in [3.63, 3.8) is 0 Å². The lowest BCUT2D eigenvalue weighted by Gasteiger charge is -2.40. The van der Waals surface area contributed by atoms with E-state index in [2.05, 4.69) is 24.5 Å². The molecule has 2 N–H and O–H groups in total. The lowest BCUT2D eigenvalue weighted by molar-refractivity contribution is -0.133. The maximum Gasteiger partial charge on any atom is 0.232 e. The van der Waals surface area contributed by atoms with Crippen LogP contribution in [0.25, 0.3) is 0 Å². The fourth-order valence-corrected chi connectivity index (χ4v) is 3.76. The summed E-state index contributed by atoms with van der Waals surface area (Å²) in [6.07, 6.45) is 2.55. The molecule has 2 saturated heterocycles. The van der Waals surface area contributed by atoms with Crippen LogP contribution in [0.4, 0.5) is 0 Å². The standard InChI is InChI=1S/C19H26N2O3/c1-18(2)12-15(9-11-24-18)21-17(23)19(10-8-16(22)20-13-19)14-6-4-3-5-7-14/h3-7,15H,8-13H2,1-2H3,(H,20,22)(H,21,23)/t15-,19+/m1/s1. The van der Waals surface area contributed by atoms with Crippen LogP contribution in [0.1, 0.15) is 45.1 Å². The molecule has 130 valence electrons. The molecule has 5 heteroatoms. The Bertz CT molecular complexity index is 602. The molecule has 2 atom stereocenters. The number of amides is 2. The smallest absolute Gasteiger partial charge is 0.232 e. The first-order valence-corrected chi connectivity index (χ1v) is 8.68. The number of benzene rings is 1. The number of rotatable bonds is 3. The molecule has 0 radical (unpaired) electrons. The van der Waals surface area contributed by atoms with Gasteiger partial charge in [0.1, 0.15) is 0 Å². The van der Waals surface area contributed by atoms with Gasteiger partial charge in [0.05, 0.1) is 11.0 Å². The molecule has 0 bridgehead atoms. The SMILES string of the molecule is CC1(C)C[C@H](NC(=O)[C@@]2(c3ccccc3)CCC(=O)NC2)CCO1. The van der Waals surface area contributed by atoms with Crippen molar-refractivity contribution in [2.24, 2.45) is 0 Å². The van der Waals surface area contributed by atoms with E-state index in [0.717, 1.165) is 18.4 Å². The van der Waals surface area contributed by atoms with Crippen LogP contribution < -0.4 is 10.6 Å². The van der Waals surface area contributed by atoms with Gasteiger partial charge in [-0.3, -0.25) is 9.59 Å². The molecule has 2 aliphatic heterocycles. The van der Waals surface area contributed by atoms with Gasteiger partial charge < -0.3 is 15.4 Å². The molecule has 0 saturated carbocycles. The molecule has 24 heavy (non-hydrogen) atoms. The minimum Gasteiger partial charge on any atom is -0.375 e. The van der Waals surface area contributed by atoms with Crippen molar-refractivity contribution in [3.05, 3.63) is 35.9 Å². The Hall–Kier alpha value is -1.88. The number of carbonyl (C=O) groups is 2. The molecule has 2 fully saturated rings. The van der Waals surface area contributed by atoms with Gasteiger partial charge in [-0.1, -0.05) is 30.3 Å². The third-order valence-electron chi connectivity index (χ3n) is 5.16. The number of piperidine rings is 1. The zero-order chi connectivity index (χ0) is 17.2. The number of hydrogen-bond donors (Lipinski definition) is 2. The van der Waals surface area contributed by atoms with Crippen molar-refractivity contribution < 1.29 is 14.3 Å². The summed E-state index contributed by atoms with van der Waals surface area (Å²) in [6.45, 7) is 5.12. The largest absolute Gasteiger partial charge is 0.375 e. The van der Waals surface area contributed by atoms with E-state index in [1.807, 2.05) is 30.3 Å². The Morgan fingerprint density at radius 3 is 2.67 bits per heavy atom. The lowest BCUT2D eigenvalue weighted by Crippen LogP contribution is -2.58. The van der Waals surface area contributed by atoms with E-state index in [0.29, 0.717) is 26.0 Å². The average molecular weight is 330 g/mol. The van der Waals surface area contributed by atoms with Crippen LogP contribution in [-0.4, -0.2) is 36.6 Å². The molecule has 0 unspecified atom stereocenters. The highest BCUT2D eigenvalue weighted by Gasteiger charge is 2.44. The average Bonchev–Trinajstić information content (AvgIpc) is 2.55. The molecule has 3 rings (SSSR count). The van der Waals surface area contributed by atoms with Crippen molar-refractivity contribution in [2.75, 3.05) is 13.2 Å². The minimum absolute atomic E-state index is 0.0106. The number of hydrogen-bond acceptors (Lipinski definition) is 3. The van der Waals surface area contributed by atoms with Crippen LogP contribution in [0.3, 0.4) is 0 Å². The Labute approximate surface area is 143 Å². The third-order valence-corrected chi connectivity index (χ3v) is 5.16. The predicted octanol–water partition coefficient (Wildman–Crippen LogP) is 1.91. The van der Waals surface area contributed by atoms with E-state index in [-0.39, 0.29) is 23.5 Å². The minimum atomic E-state index is -0.683. The molecule has 5 nitrogen and oxygen atoms in total. The van der Waals surface area contributed by atoms with Gasteiger partial charge in [-0.15, -0.1) is 0 Å². The van der Waals surface area contributed by atoms with Gasteiger partial charge in [0.2, 0.25) is 11.8 Å². The van der Waals surface area contributed by atoms with Crippen LogP contribution >= 0.6 is 0 Å². The summed E-state index contributed by atoms with van der Waals surface area (Å²) in [5, 5.41) is 6.11. The second kappa shape index (κ2) is 6.55. The van der Waals surface area contributed by atoms with E-state index < -0.39 is 5.41 Å². The van der Waals surface area contributed by atoms with Gasteiger partial charge in [0, 0.05) is 25.6 Å². The summed E-state index contributed by atoms with van der Waals surface area (Å²) in [5.41, 5.74) is 0.0722. The van der Waals surface area contributed by atoms with Gasteiger partial charge in [-0.05, 0) is 38.7 Å². The highest BCUT2D eigenvalue weighted by molar-refractivity contribution is 5.91. The van der Waals surface area contributed by atoms with Gasteiger partial charge >= 0.3 is 0 Å². The predicted molar refractivity (Wildman–Crippen MR) is 91.6 cm³/mol. The van der Waals surface area contributed by atoms with E-state index >= 15 is 0 Å². The molecule has 1 aromatic carbocycles. The monoisotopic (exact) mass is 330 g/mol. The maximum absolute atomic E-state index is 13.2. The molecule has 1 aromatic rings. The molecule has 2 amide bonds. The van der Waals surface area contributed by atoms with Gasteiger partial charge in [0.25, 0.3) is 0 Å². The van der Waals surface area contributed by atoms with Crippen molar-refractivity contribution in [3.8, 4) is 0 Å². The van der Waals surface area contributed by atoms with E-state index in [4.69, 9.17) is 4.74 Å². The molecule has 2 heterocycles. The summed E-state index contributed by atoms with van der Waals surface area (Å²) < 4.78 is 5.74. The quantitative estimate of drug-likeness (QED) is 0.889. The highest BCUT2D eigenvalue weighted by atomic mass is 16.5. The molecule has 2 aliphatic rings. The molecular formula is C19H26N2O3. The highest BCUT2D eigenvalue weighted by Crippen LogP contribution is 2.33. The van der Waals surface area contributed by atoms with Crippen molar-refractivity contribution in [1.29, 1.82) is 0 Å². The molecule has 0 aromatic heterocycles. The Balaban J connectivity index is 1.81. The van der Waals surface area contributed by atoms with Gasteiger partial charge in [-0.2, -0.15) is 0 Å². The number of carbonyl (C=O) groups excluding carboxylic acids is 2. The van der Waals surface area contributed by atoms with Crippen molar-refractivity contribution in [2.45, 2.75) is 56.6 Å². The normalized spacial score (nSPS) is 29.6. The van der Waals surface area contributed by atoms with E-state index in [9.17, 15) is 9.59 Å². The van der Waals surface area contributed by atoms with Crippen LogP contribution in [0.5, 0.6) is 0 Å². The number of nitrogens with one attached hydrogen (secondary N) is 2. The zero-order valence-corrected chi connectivity index (χ0v) is 14.4. The second-order valence-electron chi connectivity index (χ2n) is 7.50. The van der Waals surface area contributed by atoms with Gasteiger partial charge in [-0.25, -0.2) is 0 Å². The summed E-state index contributed by atoms with van der Waals surface area (Å²) in [5.74, 6) is 0.0259. The first kappa shape index (κ1) is 17.0. The summed E-state index contributed by atoms with van der Waals surface area (Å²) in [6, 6.07) is 9.89.